The Morgan fingerprint density at radius 1 is 1.24 bits per heavy atom. The molecule has 1 nitrogen and oxygen atoms in total. The standard InChI is InChI=1S/C16H17N/c1-10-7-8-14-12-5-3-4-6-13(12)15-11(2)16(15)17(14)9-10/h3-6,9,14-16H,2,7-8H2,1H3. The van der Waals surface area contributed by atoms with Gasteiger partial charge in [0.1, 0.15) is 0 Å². The molecule has 0 radical (unpaired) electrons. The van der Waals surface area contributed by atoms with Crippen molar-refractivity contribution in [2.45, 2.75) is 37.8 Å². The summed E-state index contributed by atoms with van der Waals surface area (Å²) in [7, 11) is 0. The van der Waals surface area contributed by atoms with Crippen LogP contribution in [0.2, 0.25) is 0 Å². The molecule has 3 unspecified atom stereocenters. The Labute approximate surface area is 102 Å². The lowest BCUT2D eigenvalue weighted by molar-refractivity contribution is 0.227. The molecule has 17 heavy (non-hydrogen) atoms. The van der Waals surface area contributed by atoms with E-state index >= 15 is 0 Å². The van der Waals surface area contributed by atoms with Gasteiger partial charge in [0, 0.05) is 5.92 Å². The lowest BCUT2D eigenvalue weighted by Gasteiger charge is -2.39. The zero-order valence-electron chi connectivity index (χ0n) is 10.2. The Bertz CT molecular complexity index is 540. The van der Waals surface area contributed by atoms with Crippen LogP contribution in [-0.2, 0) is 0 Å². The predicted octanol–water partition coefficient (Wildman–Crippen LogP) is 3.76. The Balaban J connectivity index is 1.89. The molecule has 2 aliphatic heterocycles. The molecule has 1 heteroatoms. The summed E-state index contributed by atoms with van der Waals surface area (Å²) in [6.45, 7) is 6.50. The minimum Gasteiger partial charge on any atom is -0.363 e. The highest BCUT2D eigenvalue weighted by Gasteiger charge is 2.53. The molecule has 1 fully saturated rings. The van der Waals surface area contributed by atoms with Crippen LogP contribution < -0.4 is 0 Å². The van der Waals surface area contributed by atoms with Crippen LogP contribution >= 0.6 is 0 Å². The van der Waals surface area contributed by atoms with E-state index in [1.54, 1.807) is 0 Å². The fourth-order valence-electron chi connectivity index (χ4n) is 3.64. The maximum atomic E-state index is 4.26. The highest BCUT2D eigenvalue weighted by Crippen LogP contribution is 2.59. The molecule has 0 bridgehead atoms. The van der Waals surface area contributed by atoms with Gasteiger partial charge in [-0.1, -0.05) is 36.4 Å². The van der Waals surface area contributed by atoms with Crippen molar-refractivity contribution in [3.63, 3.8) is 0 Å². The highest BCUT2D eigenvalue weighted by atomic mass is 15.2. The molecule has 4 rings (SSSR count). The van der Waals surface area contributed by atoms with Crippen molar-refractivity contribution in [1.82, 2.24) is 4.90 Å². The molecule has 0 spiro atoms. The molecule has 0 saturated heterocycles. The fourth-order valence-corrected chi connectivity index (χ4v) is 3.64. The monoisotopic (exact) mass is 223 g/mol. The number of allylic oxidation sites excluding steroid dienone is 1. The zero-order valence-corrected chi connectivity index (χ0v) is 10.2. The van der Waals surface area contributed by atoms with Gasteiger partial charge in [-0.05, 0) is 42.7 Å². The number of hydrogen-bond donors (Lipinski definition) is 0. The number of benzene rings is 1. The summed E-state index contributed by atoms with van der Waals surface area (Å²) in [5, 5.41) is 0. The minimum absolute atomic E-state index is 0.588. The Morgan fingerprint density at radius 3 is 2.82 bits per heavy atom. The molecule has 2 heterocycles. The Morgan fingerprint density at radius 2 is 2.00 bits per heavy atom. The van der Waals surface area contributed by atoms with E-state index in [0.717, 1.165) is 0 Å². The molecule has 1 aliphatic carbocycles. The van der Waals surface area contributed by atoms with Crippen molar-refractivity contribution in [3.05, 3.63) is 59.3 Å². The van der Waals surface area contributed by atoms with E-state index in [4.69, 9.17) is 0 Å². The van der Waals surface area contributed by atoms with Gasteiger partial charge in [-0.25, -0.2) is 0 Å². The van der Waals surface area contributed by atoms with Gasteiger partial charge in [-0.2, -0.15) is 0 Å². The Kier molecular flexibility index (Phi) is 1.70. The van der Waals surface area contributed by atoms with Gasteiger partial charge >= 0.3 is 0 Å². The molecule has 1 aromatic carbocycles. The second kappa shape index (κ2) is 3.04. The first kappa shape index (κ1) is 9.52. The van der Waals surface area contributed by atoms with Gasteiger partial charge in [-0.15, -0.1) is 0 Å². The number of hydrogen-bond acceptors (Lipinski definition) is 1. The van der Waals surface area contributed by atoms with Crippen LogP contribution in [0.1, 0.15) is 42.9 Å². The third-order valence-corrected chi connectivity index (χ3v) is 4.54. The second-order valence-corrected chi connectivity index (χ2v) is 5.60. The van der Waals surface area contributed by atoms with E-state index < -0.39 is 0 Å². The van der Waals surface area contributed by atoms with Crippen molar-refractivity contribution in [2.24, 2.45) is 0 Å². The molecule has 0 amide bonds. The van der Waals surface area contributed by atoms with E-state index in [-0.39, 0.29) is 0 Å². The van der Waals surface area contributed by atoms with Crippen LogP contribution in [0.15, 0.2) is 48.2 Å². The molecule has 3 atom stereocenters. The van der Waals surface area contributed by atoms with Gasteiger partial charge in [0.2, 0.25) is 0 Å². The van der Waals surface area contributed by atoms with Crippen molar-refractivity contribution >= 4 is 0 Å². The van der Waals surface area contributed by atoms with Gasteiger partial charge in [0.25, 0.3) is 0 Å². The highest BCUT2D eigenvalue weighted by molar-refractivity contribution is 5.55. The van der Waals surface area contributed by atoms with E-state index in [2.05, 4.69) is 48.9 Å². The third kappa shape index (κ3) is 1.14. The summed E-state index contributed by atoms with van der Waals surface area (Å²) < 4.78 is 0. The van der Waals surface area contributed by atoms with Crippen LogP contribution in [0.4, 0.5) is 0 Å². The maximum Gasteiger partial charge on any atom is 0.0614 e. The molecular formula is C16H17N. The van der Waals surface area contributed by atoms with E-state index in [1.807, 2.05) is 0 Å². The fraction of sp³-hybridized carbons (Fsp3) is 0.375. The summed E-state index contributed by atoms with van der Waals surface area (Å²) in [5.41, 5.74) is 6.00. The zero-order chi connectivity index (χ0) is 11.6. The summed E-state index contributed by atoms with van der Waals surface area (Å²) in [6, 6.07) is 10.1. The first-order valence-corrected chi connectivity index (χ1v) is 6.49. The number of nitrogens with zero attached hydrogens (tertiary/aromatic N) is 1. The molecule has 0 N–H and O–H groups in total. The van der Waals surface area contributed by atoms with Crippen LogP contribution in [0.3, 0.4) is 0 Å². The van der Waals surface area contributed by atoms with Crippen LogP contribution in [0, 0.1) is 0 Å². The lowest BCUT2D eigenvalue weighted by atomic mass is 9.87. The SMILES string of the molecule is C=C1C2c3ccccc3C3CCC(C)=CN3C12. The van der Waals surface area contributed by atoms with Crippen molar-refractivity contribution in [2.75, 3.05) is 0 Å². The Hall–Kier alpha value is -1.50. The van der Waals surface area contributed by atoms with E-state index in [1.165, 1.54) is 35.1 Å². The topological polar surface area (TPSA) is 3.24 Å². The number of rotatable bonds is 0. The van der Waals surface area contributed by atoms with Crippen LogP contribution in [0.25, 0.3) is 0 Å². The van der Waals surface area contributed by atoms with Crippen molar-refractivity contribution in [3.8, 4) is 0 Å². The van der Waals surface area contributed by atoms with Gasteiger partial charge in [-0.3, -0.25) is 0 Å². The predicted molar refractivity (Wildman–Crippen MR) is 69.7 cm³/mol. The number of fused-ring (bicyclic) bond motifs is 6. The molecule has 1 aromatic rings. The largest absolute Gasteiger partial charge is 0.363 e. The first-order valence-electron chi connectivity index (χ1n) is 6.49. The third-order valence-electron chi connectivity index (χ3n) is 4.54. The quantitative estimate of drug-likeness (QED) is 0.605. The normalized spacial score (nSPS) is 33.5. The van der Waals surface area contributed by atoms with Crippen LogP contribution in [-0.4, -0.2) is 10.9 Å². The summed E-state index contributed by atoms with van der Waals surface area (Å²) in [6.07, 6.45) is 4.87. The molecular weight excluding hydrogens is 206 g/mol. The average molecular weight is 223 g/mol. The van der Waals surface area contributed by atoms with Gasteiger partial charge < -0.3 is 4.90 Å². The van der Waals surface area contributed by atoms with E-state index in [0.29, 0.717) is 18.0 Å². The second-order valence-electron chi connectivity index (χ2n) is 5.60. The summed E-state index contributed by atoms with van der Waals surface area (Å²) in [5.74, 6) is 0.601. The molecule has 86 valence electrons. The minimum atomic E-state index is 0.588. The molecule has 3 aliphatic rings. The van der Waals surface area contributed by atoms with Gasteiger partial charge in [0.15, 0.2) is 0 Å². The summed E-state index contributed by atoms with van der Waals surface area (Å²) in [4.78, 5) is 2.56. The van der Waals surface area contributed by atoms with Gasteiger partial charge in [0.05, 0.1) is 12.1 Å². The molecule has 1 saturated carbocycles. The van der Waals surface area contributed by atoms with Crippen LogP contribution in [0.5, 0.6) is 0 Å². The first-order chi connectivity index (χ1) is 8.27. The average Bonchev–Trinajstić information content (AvgIpc) is 3.02. The van der Waals surface area contributed by atoms with Crippen molar-refractivity contribution in [1.29, 1.82) is 0 Å². The van der Waals surface area contributed by atoms with E-state index in [9.17, 15) is 0 Å². The van der Waals surface area contributed by atoms with Crippen molar-refractivity contribution < 1.29 is 0 Å². The lowest BCUT2D eigenvalue weighted by Crippen LogP contribution is -2.33. The molecule has 0 aromatic heterocycles. The summed E-state index contributed by atoms with van der Waals surface area (Å²) >= 11 is 0. The smallest absolute Gasteiger partial charge is 0.0614 e. The maximum absolute atomic E-state index is 4.26.